The number of hydrogen-bond donors (Lipinski definition) is 2. The molecule has 0 aliphatic carbocycles. The van der Waals surface area contributed by atoms with Crippen LogP contribution in [0.15, 0.2) is 12.3 Å². The van der Waals surface area contributed by atoms with Gasteiger partial charge in [-0.05, 0) is 31.5 Å². The van der Waals surface area contributed by atoms with Crippen molar-refractivity contribution in [2.24, 2.45) is 5.92 Å². The molecule has 0 radical (unpaired) electrons. The van der Waals surface area contributed by atoms with Gasteiger partial charge in [-0.25, -0.2) is 9.78 Å². The van der Waals surface area contributed by atoms with Gasteiger partial charge in [-0.1, -0.05) is 18.5 Å². The largest absolute Gasteiger partial charge is 0.478 e. The maximum absolute atomic E-state index is 10.8. The SMILES string of the molecule is CCN1CCC(CNc2ncc(C(=O)O)cc2Cl)C1. The summed E-state index contributed by atoms with van der Waals surface area (Å²) >= 11 is 6.02. The van der Waals surface area contributed by atoms with Gasteiger partial charge in [-0.2, -0.15) is 0 Å². The molecule has 104 valence electrons. The summed E-state index contributed by atoms with van der Waals surface area (Å²) in [6.45, 7) is 6.30. The van der Waals surface area contributed by atoms with Crippen LogP contribution in [0.4, 0.5) is 5.82 Å². The lowest BCUT2D eigenvalue weighted by molar-refractivity contribution is 0.0696. The van der Waals surface area contributed by atoms with E-state index in [1.54, 1.807) is 0 Å². The molecule has 1 aliphatic heterocycles. The number of carbonyl (C=O) groups is 1. The molecule has 2 rings (SSSR count). The van der Waals surface area contributed by atoms with Crippen LogP contribution in [0, 0.1) is 5.92 Å². The van der Waals surface area contributed by atoms with E-state index in [0.717, 1.165) is 26.2 Å². The third kappa shape index (κ3) is 3.58. The summed E-state index contributed by atoms with van der Waals surface area (Å²) in [5, 5.41) is 12.4. The molecule has 0 spiro atoms. The van der Waals surface area contributed by atoms with Crippen LogP contribution in [-0.4, -0.2) is 47.1 Å². The topological polar surface area (TPSA) is 65.5 Å². The number of carboxylic acid groups (broad SMARTS) is 1. The number of nitrogens with zero attached hydrogens (tertiary/aromatic N) is 2. The lowest BCUT2D eigenvalue weighted by Gasteiger charge is -2.14. The zero-order chi connectivity index (χ0) is 13.8. The molecule has 1 aromatic heterocycles. The molecule has 1 unspecified atom stereocenters. The van der Waals surface area contributed by atoms with Crippen LogP contribution in [-0.2, 0) is 0 Å². The predicted octanol–water partition coefficient (Wildman–Crippen LogP) is 2.19. The Labute approximate surface area is 117 Å². The van der Waals surface area contributed by atoms with Gasteiger partial charge >= 0.3 is 5.97 Å². The van der Waals surface area contributed by atoms with Crippen molar-refractivity contribution in [2.75, 3.05) is 31.5 Å². The van der Waals surface area contributed by atoms with Crippen LogP contribution in [0.2, 0.25) is 5.02 Å². The summed E-state index contributed by atoms with van der Waals surface area (Å²) in [6.07, 6.45) is 2.50. The Bertz CT molecular complexity index is 467. The number of likely N-dealkylation sites (tertiary alicyclic amines) is 1. The Hall–Kier alpha value is -1.33. The van der Waals surface area contributed by atoms with Gasteiger partial charge in [-0.3, -0.25) is 0 Å². The highest BCUT2D eigenvalue weighted by Crippen LogP contribution is 2.22. The second kappa shape index (κ2) is 6.21. The molecule has 1 atom stereocenters. The molecule has 0 saturated carbocycles. The van der Waals surface area contributed by atoms with Crippen molar-refractivity contribution in [1.29, 1.82) is 0 Å². The Kier molecular flexibility index (Phi) is 4.61. The van der Waals surface area contributed by atoms with Gasteiger partial charge in [0.15, 0.2) is 0 Å². The van der Waals surface area contributed by atoms with Crippen molar-refractivity contribution in [3.8, 4) is 0 Å². The van der Waals surface area contributed by atoms with E-state index in [2.05, 4.69) is 22.1 Å². The fourth-order valence-corrected chi connectivity index (χ4v) is 2.53. The van der Waals surface area contributed by atoms with Crippen LogP contribution in [0.5, 0.6) is 0 Å². The Morgan fingerprint density at radius 3 is 3.05 bits per heavy atom. The van der Waals surface area contributed by atoms with Crippen molar-refractivity contribution >= 4 is 23.4 Å². The molecule has 5 nitrogen and oxygen atoms in total. The molecule has 0 bridgehead atoms. The minimum absolute atomic E-state index is 0.105. The van der Waals surface area contributed by atoms with Gasteiger partial charge in [-0.15, -0.1) is 0 Å². The van der Waals surface area contributed by atoms with Crippen LogP contribution in [0.3, 0.4) is 0 Å². The Morgan fingerprint density at radius 1 is 1.68 bits per heavy atom. The molecule has 0 amide bonds. The summed E-state index contributed by atoms with van der Waals surface area (Å²) in [6, 6.07) is 1.42. The van der Waals surface area contributed by atoms with Crippen molar-refractivity contribution in [3.63, 3.8) is 0 Å². The molecule has 19 heavy (non-hydrogen) atoms. The number of pyridine rings is 1. The van der Waals surface area contributed by atoms with E-state index in [1.165, 1.54) is 18.7 Å². The van der Waals surface area contributed by atoms with Gasteiger partial charge in [0.2, 0.25) is 0 Å². The first-order chi connectivity index (χ1) is 9.10. The van der Waals surface area contributed by atoms with Crippen molar-refractivity contribution in [2.45, 2.75) is 13.3 Å². The van der Waals surface area contributed by atoms with Crippen molar-refractivity contribution < 1.29 is 9.90 Å². The third-order valence-electron chi connectivity index (χ3n) is 3.46. The predicted molar refractivity (Wildman–Crippen MR) is 74.9 cm³/mol. The van der Waals surface area contributed by atoms with E-state index in [4.69, 9.17) is 16.7 Å². The van der Waals surface area contributed by atoms with E-state index in [1.807, 2.05) is 0 Å². The molecule has 1 fully saturated rings. The van der Waals surface area contributed by atoms with Crippen LogP contribution >= 0.6 is 11.6 Å². The monoisotopic (exact) mass is 283 g/mol. The lowest BCUT2D eigenvalue weighted by atomic mass is 10.1. The average Bonchev–Trinajstić information content (AvgIpc) is 2.85. The number of aromatic carboxylic acids is 1. The van der Waals surface area contributed by atoms with Crippen molar-refractivity contribution in [3.05, 3.63) is 22.8 Å². The minimum Gasteiger partial charge on any atom is -0.478 e. The fraction of sp³-hybridized carbons (Fsp3) is 0.538. The summed E-state index contributed by atoms with van der Waals surface area (Å²) < 4.78 is 0. The number of halogens is 1. The molecular formula is C13H18ClN3O2. The van der Waals surface area contributed by atoms with Gasteiger partial charge in [0.1, 0.15) is 5.82 Å². The van der Waals surface area contributed by atoms with Gasteiger partial charge in [0.05, 0.1) is 10.6 Å². The quantitative estimate of drug-likeness (QED) is 0.867. The second-order valence-corrected chi connectivity index (χ2v) is 5.20. The van der Waals surface area contributed by atoms with Crippen LogP contribution in [0.1, 0.15) is 23.7 Å². The number of nitrogens with one attached hydrogen (secondary N) is 1. The molecule has 1 saturated heterocycles. The highest BCUT2D eigenvalue weighted by atomic mass is 35.5. The Balaban J connectivity index is 1.91. The maximum Gasteiger partial charge on any atom is 0.337 e. The first-order valence-corrected chi connectivity index (χ1v) is 6.83. The van der Waals surface area contributed by atoms with Crippen LogP contribution in [0.25, 0.3) is 0 Å². The zero-order valence-corrected chi connectivity index (χ0v) is 11.7. The van der Waals surface area contributed by atoms with Crippen LogP contribution < -0.4 is 5.32 Å². The molecule has 6 heteroatoms. The number of aromatic nitrogens is 1. The number of carboxylic acids is 1. The fourth-order valence-electron chi connectivity index (χ4n) is 2.29. The molecular weight excluding hydrogens is 266 g/mol. The Morgan fingerprint density at radius 2 is 2.47 bits per heavy atom. The van der Waals surface area contributed by atoms with Gasteiger partial charge in [0, 0.05) is 19.3 Å². The summed E-state index contributed by atoms with van der Waals surface area (Å²) in [5.41, 5.74) is 0.105. The lowest BCUT2D eigenvalue weighted by Crippen LogP contribution is -2.22. The van der Waals surface area contributed by atoms with E-state index in [0.29, 0.717) is 16.8 Å². The smallest absolute Gasteiger partial charge is 0.337 e. The standard InChI is InChI=1S/C13H18ClN3O2/c1-2-17-4-3-9(8-17)6-15-12-11(14)5-10(7-16-12)13(18)19/h5,7,9H,2-4,6,8H2,1H3,(H,15,16)(H,18,19). The summed E-state index contributed by atoms with van der Waals surface area (Å²) in [7, 11) is 0. The number of anilines is 1. The highest BCUT2D eigenvalue weighted by molar-refractivity contribution is 6.33. The van der Waals surface area contributed by atoms with E-state index in [9.17, 15) is 4.79 Å². The molecule has 2 N–H and O–H groups in total. The highest BCUT2D eigenvalue weighted by Gasteiger charge is 2.21. The molecule has 2 heterocycles. The van der Waals surface area contributed by atoms with E-state index < -0.39 is 5.97 Å². The van der Waals surface area contributed by atoms with Crippen molar-refractivity contribution in [1.82, 2.24) is 9.88 Å². The molecule has 1 aromatic rings. The molecule has 0 aromatic carbocycles. The first kappa shape index (κ1) is 14.1. The second-order valence-electron chi connectivity index (χ2n) is 4.79. The average molecular weight is 284 g/mol. The summed E-state index contributed by atoms with van der Waals surface area (Å²) in [4.78, 5) is 17.2. The molecule has 1 aliphatic rings. The van der Waals surface area contributed by atoms with E-state index in [-0.39, 0.29) is 5.56 Å². The van der Waals surface area contributed by atoms with Gasteiger partial charge in [0.25, 0.3) is 0 Å². The zero-order valence-electron chi connectivity index (χ0n) is 10.9. The minimum atomic E-state index is -1.02. The van der Waals surface area contributed by atoms with Gasteiger partial charge < -0.3 is 15.3 Å². The maximum atomic E-state index is 10.8. The normalized spacial score (nSPS) is 19.6. The number of hydrogen-bond acceptors (Lipinski definition) is 4. The summed E-state index contributed by atoms with van der Waals surface area (Å²) in [5.74, 6) is 0.133. The first-order valence-electron chi connectivity index (χ1n) is 6.45. The third-order valence-corrected chi connectivity index (χ3v) is 3.75. The van der Waals surface area contributed by atoms with E-state index >= 15 is 0 Å². The number of rotatable bonds is 5.